The van der Waals surface area contributed by atoms with E-state index in [0.29, 0.717) is 19.1 Å². The molecule has 2 atom stereocenters. The highest BCUT2D eigenvalue weighted by Crippen LogP contribution is 2.42. The first kappa shape index (κ1) is 33.4. The molecule has 0 aliphatic carbocycles. The third-order valence-corrected chi connectivity index (χ3v) is 8.97. The van der Waals surface area contributed by atoms with Gasteiger partial charge in [-0.15, -0.1) is 13.2 Å². The van der Waals surface area contributed by atoms with Gasteiger partial charge in [-0.25, -0.2) is 9.50 Å². The van der Waals surface area contributed by atoms with Gasteiger partial charge in [0.2, 0.25) is 0 Å². The van der Waals surface area contributed by atoms with E-state index >= 15 is 0 Å². The van der Waals surface area contributed by atoms with Crippen LogP contribution in [0.15, 0.2) is 98.1 Å². The lowest BCUT2D eigenvalue weighted by Crippen LogP contribution is -2.27. The second-order valence-corrected chi connectivity index (χ2v) is 13.6. The fraction of sp³-hybridized carbons (Fsp3) is 0.333. The molecule has 0 amide bonds. The number of rotatable bonds is 12. The monoisotopic (exact) mass is 641 g/mol. The third kappa shape index (κ3) is 7.01. The number of aromatic nitrogens is 3. The summed E-state index contributed by atoms with van der Waals surface area (Å²) in [7, 11) is 1.71. The van der Waals surface area contributed by atoms with Gasteiger partial charge in [-0.3, -0.25) is 0 Å². The Balaban J connectivity index is 1.55. The number of benzene rings is 3. The summed E-state index contributed by atoms with van der Waals surface area (Å²) in [5, 5.41) is 5.27. The van der Waals surface area contributed by atoms with Crippen LogP contribution < -0.4 is 4.74 Å². The normalized spacial score (nSPS) is 15.1. The van der Waals surface area contributed by atoms with Crippen LogP contribution in [0.3, 0.4) is 0 Å². The van der Waals surface area contributed by atoms with Crippen molar-refractivity contribution in [1.82, 2.24) is 14.6 Å². The molecule has 2 unspecified atom stereocenters. The summed E-state index contributed by atoms with van der Waals surface area (Å²) in [5.41, 5.74) is 11.0. The van der Waals surface area contributed by atoms with Crippen LogP contribution in [0.2, 0.25) is 0 Å². The van der Waals surface area contributed by atoms with Crippen molar-refractivity contribution >= 4 is 5.65 Å². The number of allylic oxidation sites excluding steroid dienone is 2. The molecule has 0 saturated carbocycles. The Hall–Kier alpha value is -4.52. The maximum absolute atomic E-state index is 6.67. The standard InChI is InChI=1S/C42H47N3O3/c1-8-10-15-30-16-11-12-19-34(30)31-17-13-18-32(24-31)36-26-39-43-28(3)40(38(27-46-7)48-42(4,5)6)41(45(39)44-36)33-20-21-37-35(25-33)29(14-9-2)22-23-47-37/h8-9,11-13,16-21,24-26,29,38H,1-2,10,14-15,22-23,27H2,3-7H3. The van der Waals surface area contributed by atoms with E-state index < -0.39 is 5.60 Å². The molecule has 0 bridgehead atoms. The second-order valence-electron chi connectivity index (χ2n) is 13.6. The zero-order chi connectivity index (χ0) is 33.8. The molecule has 0 N–H and O–H groups in total. The lowest BCUT2D eigenvalue weighted by atomic mass is 9.88. The summed E-state index contributed by atoms with van der Waals surface area (Å²) >= 11 is 0. The Morgan fingerprint density at radius 3 is 2.56 bits per heavy atom. The Morgan fingerprint density at radius 2 is 1.79 bits per heavy atom. The van der Waals surface area contributed by atoms with Crippen molar-refractivity contribution in [2.24, 2.45) is 0 Å². The van der Waals surface area contributed by atoms with Crippen molar-refractivity contribution in [2.75, 3.05) is 20.3 Å². The molecule has 0 fully saturated rings. The number of nitrogens with zero attached hydrogens (tertiary/aromatic N) is 3. The first-order valence-corrected chi connectivity index (χ1v) is 17.0. The summed E-state index contributed by atoms with van der Waals surface area (Å²) in [6, 6.07) is 25.8. The van der Waals surface area contributed by atoms with Crippen LogP contribution in [0.5, 0.6) is 5.75 Å². The number of hydrogen-bond acceptors (Lipinski definition) is 5. The fourth-order valence-corrected chi connectivity index (χ4v) is 6.87. The minimum absolute atomic E-state index is 0.346. The van der Waals surface area contributed by atoms with Gasteiger partial charge in [0, 0.05) is 35.6 Å². The van der Waals surface area contributed by atoms with Gasteiger partial charge >= 0.3 is 0 Å². The van der Waals surface area contributed by atoms with Crippen LogP contribution in [0.1, 0.15) is 74.4 Å². The molecular weight excluding hydrogens is 594 g/mol. The van der Waals surface area contributed by atoms with E-state index in [4.69, 9.17) is 24.3 Å². The minimum atomic E-state index is -0.404. The van der Waals surface area contributed by atoms with Gasteiger partial charge in [0.25, 0.3) is 0 Å². The Morgan fingerprint density at radius 1 is 0.979 bits per heavy atom. The van der Waals surface area contributed by atoms with Gasteiger partial charge in [0.1, 0.15) is 11.9 Å². The van der Waals surface area contributed by atoms with Crippen LogP contribution in [-0.4, -0.2) is 40.5 Å². The van der Waals surface area contributed by atoms with Crippen LogP contribution >= 0.6 is 0 Å². The fourth-order valence-electron chi connectivity index (χ4n) is 6.87. The average Bonchev–Trinajstić information content (AvgIpc) is 3.50. The van der Waals surface area contributed by atoms with Crippen molar-refractivity contribution in [1.29, 1.82) is 0 Å². The smallest absolute Gasteiger partial charge is 0.156 e. The molecule has 2 aromatic heterocycles. The summed E-state index contributed by atoms with van der Waals surface area (Å²) in [6.45, 7) is 17.3. The molecule has 6 rings (SSSR count). The zero-order valence-electron chi connectivity index (χ0n) is 29.0. The van der Waals surface area contributed by atoms with Crippen molar-refractivity contribution in [3.8, 4) is 39.4 Å². The van der Waals surface area contributed by atoms with Crippen molar-refractivity contribution in [2.45, 2.75) is 71.0 Å². The van der Waals surface area contributed by atoms with Gasteiger partial charge in [-0.2, -0.15) is 5.10 Å². The molecule has 3 heterocycles. The molecule has 1 aliphatic rings. The van der Waals surface area contributed by atoms with E-state index in [2.05, 4.69) is 114 Å². The van der Waals surface area contributed by atoms with Gasteiger partial charge in [-0.05, 0) is 106 Å². The predicted molar refractivity (Wildman–Crippen MR) is 196 cm³/mol. The quantitative estimate of drug-likeness (QED) is 0.127. The van der Waals surface area contributed by atoms with Crippen LogP contribution in [-0.2, 0) is 15.9 Å². The first-order valence-electron chi connectivity index (χ1n) is 17.0. The molecule has 3 aromatic carbocycles. The van der Waals surface area contributed by atoms with E-state index in [-0.39, 0.29) is 6.10 Å². The molecular formula is C42H47N3O3. The van der Waals surface area contributed by atoms with Gasteiger partial charge in [0.05, 0.1) is 30.2 Å². The number of hydrogen-bond donors (Lipinski definition) is 0. The number of fused-ring (bicyclic) bond motifs is 2. The Kier molecular flexibility index (Phi) is 9.95. The van der Waals surface area contributed by atoms with Crippen LogP contribution in [0.4, 0.5) is 0 Å². The molecule has 48 heavy (non-hydrogen) atoms. The highest BCUT2D eigenvalue weighted by Gasteiger charge is 2.30. The summed E-state index contributed by atoms with van der Waals surface area (Å²) < 4.78 is 20.5. The molecule has 6 heteroatoms. The zero-order valence-corrected chi connectivity index (χ0v) is 29.0. The van der Waals surface area contributed by atoms with E-state index in [1.807, 2.05) is 16.7 Å². The molecule has 5 aromatic rings. The minimum Gasteiger partial charge on any atom is -0.493 e. The SMILES string of the molecule is C=CCCc1ccccc1-c1cccc(-c2cc3nc(C)c(C(COC)OC(C)(C)C)c(-c4ccc5c(c4)C(CC=C)CCO5)n3n2)c1. The molecule has 6 nitrogen and oxygen atoms in total. The van der Waals surface area contributed by atoms with E-state index in [9.17, 15) is 0 Å². The Bertz CT molecular complexity index is 1930. The lowest BCUT2D eigenvalue weighted by molar-refractivity contribution is -0.0888. The van der Waals surface area contributed by atoms with Crippen molar-refractivity contribution in [3.05, 3.63) is 120 Å². The van der Waals surface area contributed by atoms with E-state index in [1.54, 1.807) is 7.11 Å². The maximum atomic E-state index is 6.67. The first-order chi connectivity index (χ1) is 23.2. The highest BCUT2D eigenvalue weighted by atomic mass is 16.5. The summed E-state index contributed by atoms with van der Waals surface area (Å²) in [5.74, 6) is 1.28. The maximum Gasteiger partial charge on any atom is 0.156 e. The predicted octanol–water partition coefficient (Wildman–Crippen LogP) is 10.1. The van der Waals surface area contributed by atoms with Gasteiger partial charge in [-0.1, -0.05) is 54.6 Å². The summed E-state index contributed by atoms with van der Waals surface area (Å²) in [4.78, 5) is 5.12. The Labute approximate surface area is 285 Å². The molecule has 248 valence electrons. The van der Waals surface area contributed by atoms with E-state index in [0.717, 1.165) is 76.4 Å². The van der Waals surface area contributed by atoms with Crippen LogP contribution in [0, 0.1) is 6.92 Å². The van der Waals surface area contributed by atoms with E-state index in [1.165, 1.54) is 16.7 Å². The molecule has 0 saturated heterocycles. The topological polar surface area (TPSA) is 57.9 Å². The number of ether oxygens (including phenoxy) is 3. The number of aryl methyl sites for hydroxylation is 2. The highest BCUT2D eigenvalue weighted by molar-refractivity contribution is 5.77. The van der Waals surface area contributed by atoms with Crippen molar-refractivity contribution in [3.63, 3.8) is 0 Å². The van der Waals surface area contributed by atoms with Crippen LogP contribution in [0.25, 0.3) is 39.3 Å². The van der Waals surface area contributed by atoms with Gasteiger partial charge in [0.15, 0.2) is 5.65 Å². The molecule has 1 aliphatic heterocycles. The summed E-state index contributed by atoms with van der Waals surface area (Å²) in [6.07, 6.45) is 7.36. The lowest BCUT2D eigenvalue weighted by Gasteiger charge is -2.30. The van der Waals surface area contributed by atoms with Crippen molar-refractivity contribution < 1.29 is 14.2 Å². The average molecular weight is 642 g/mol. The molecule has 0 spiro atoms. The largest absolute Gasteiger partial charge is 0.493 e. The molecule has 0 radical (unpaired) electrons. The third-order valence-electron chi connectivity index (χ3n) is 8.97. The second kappa shape index (κ2) is 14.3. The van der Waals surface area contributed by atoms with Gasteiger partial charge < -0.3 is 14.2 Å². The number of methoxy groups -OCH3 is 1.